The molecule has 5 aromatic heterocycles. The van der Waals surface area contributed by atoms with E-state index in [9.17, 15) is 4.79 Å². The molecule has 85 heavy (non-hydrogen) atoms. The number of hydrogen-bond donors (Lipinski definition) is 4. The van der Waals surface area contributed by atoms with Crippen LogP contribution in [0.4, 0.5) is 39.7 Å². The molecule has 0 radical (unpaired) electrons. The van der Waals surface area contributed by atoms with E-state index in [-0.39, 0.29) is 75.0 Å². The van der Waals surface area contributed by atoms with E-state index in [1.807, 2.05) is 36.4 Å². The Morgan fingerprint density at radius 1 is 0.635 bits per heavy atom. The first-order valence-electron chi connectivity index (χ1n) is 29.4. The normalized spacial score (nSPS) is 21.0. The van der Waals surface area contributed by atoms with Gasteiger partial charge in [0.2, 0.25) is 0 Å². The lowest BCUT2D eigenvalue weighted by atomic mass is 9.88. The van der Waals surface area contributed by atoms with Crippen LogP contribution in [0.5, 0.6) is 12.0 Å². The number of piperidine rings is 1. The minimum Gasteiger partial charge on any atom is -0.461 e. The number of carbonyl (C=O) groups excluding carboxylic acids is 1. The summed E-state index contributed by atoms with van der Waals surface area (Å²) in [6.07, 6.45) is 13.4. The number of urea groups is 1. The Bertz CT molecular complexity index is 4370. The summed E-state index contributed by atoms with van der Waals surface area (Å²) < 4.78 is 80.6. The maximum atomic E-state index is 17.7. The van der Waals surface area contributed by atoms with E-state index in [1.54, 1.807) is 48.8 Å². The SMILES string of the molecule is O=C1NCC2(CCN(c3nc(OCC45CCCN4C(c4ccc(F)c6c(-c7ncc8c(Nc9ccc%10cn[nH]c%10c9)nc(OCC9%10CCCN9CCC%10)nc8c7F)cccc46)CC5)nc4c(F)c(-c5cccc6cccc(F)c56)ncc34)CC2)N1. The molecule has 0 aliphatic carbocycles. The highest BCUT2D eigenvalue weighted by Gasteiger charge is 2.51. The van der Waals surface area contributed by atoms with Crippen molar-refractivity contribution in [1.29, 1.82) is 0 Å². The molecule has 2 amide bonds. The Kier molecular flexibility index (Phi) is 12.1. The number of aromatic nitrogens is 8. The molecule has 17 nitrogen and oxygen atoms in total. The molecule has 430 valence electrons. The predicted octanol–water partition coefficient (Wildman–Crippen LogP) is 11.6. The topological polar surface area (TPSA) is 187 Å². The molecule has 5 aromatic carbocycles. The summed E-state index contributed by atoms with van der Waals surface area (Å²) in [5.74, 6) is -1.71. The molecule has 16 rings (SSSR count). The smallest absolute Gasteiger partial charge is 0.319 e. The van der Waals surface area contributed by atoms with Gasteiger partial charge in [0, 0.05) is 71.0 Å². The van der Waals surface area contributed by atoms with Gasteiger partial charge in [-0.2, -0.15) is 25.0 Å². The van der Waals surface area contributed by atoms with Crippen LogP contribution in [-0.4, -0.2) is 125 Å². The summed E-state index contributed by atoms with van der Waals surface area (Å²) in [5, 5.41) is 19.9. The van der Waals surface area contributed by atoms with Gasteiger partial charge in [0.15, 0.2) is 11.6 Å². The Balaban J connectivity index is 0.727. The number of aromatic amines is 1. The minimum absolute atomic E-state index is 0.00764. The third-order valence-corrected chi connectivity index (χ3v) is 19.4. The first-order chi connectivity index (χ1) is 41.5. The monoisotopic (exact) mass is 1150 g/mol. The fourth-order valence-corrected chi connectivity index (χ4v) is 15.1. The van der Waals surface area contributed by atoms with Gasteiger partial charge in [-0.25, -0.2) is 22.4 Å². The lowest BCUT2D eigenvalue weighted by Crippen LogP contribution is -2.52. The first kappa shape index (κ1) is 51.8. The second-order valence-corrected chi connectivity index (χ2v) is 24.0. The van der Waals surface area contributed by atoms with Crippen LogP contribution in [-0.2, 0) is 0 Å². The van der Waals surface area contributed by atoms with Gasteiger partial charge in [0.1, 0.15) is 58.9 Å². The summed E-state index contributed by atoms with van der Waals surface area (Å²) in [6, 6.07) is 24.0. The Hall–Kier alpha value is -8.82. The van der Waals surface area contributed by atoms with Crippen LogP contribution >= 0.6 is 0 Å². The maximum absolute atomic E-state index is 17.7. The van der Waals surface area contributed by atoms with Crippen LogP contribution < -0.4 is 30.3 Å². The van der Waals surface area contributed by atoms with Gasteiger partial charge in [0.25, 0.3) is 0 Å². The number of nitrogens with zero attached hydrogens (tertiary/aromatic N) is 10. The number of carbonyl (C=O) groups is 1. The van der Waals surface area contributed by atoms with Crippen molar-refractivity contribution in [3.63, 3.8) is 0 Å². The van der Waals surface area contributed by atoms with Gasteiger partial charge in [-0.1, -0.05) is 54.6 Å². The number of ether oxygens (including phenoxy) is 2. The number of fused-ring (bicyclic) bond motifs is 7. The first-order valence-corrected chi connectivity index (χ1v) is 29.4. The Labute approximate surface area is 484 Å². The second kappa shape index (κ2) is 19.9. The summed E-state index contributed by atoms with van der Waals surface area (Å²) >= 11 is 0. The molecule has 10 aromatic rings. The average molecular weight is 1150 g/mol. The van der Waals surface area contributed by atoms with Gasteiger partial charge >= 0.3 is 18.1 Å². The molecule has 1 spiro atoms. The molecule has 2 unspecified atom stereocenters. The number of halogens is 4. The highest BCUT2D eigenvalue weighted by molar-refractivity contribution is 6.02. The number of hydrogen-bond acceptors (Lipinski definition) is 14. The zero-order valence-electron chi connectivity index (χ0n) is 46.3. The van der Waals surface area contributed by atoms with E-state index < -0.39 is 34.3 Å². The van der Waals surface area contributed by atoms with E-state index in [0.29, 0.717) is 89.9 Å². The molecular weight excluding hydrogens is 1090 g/mol. The third kappa shape index (κ3) is 8.54. The fourth-order valence-electron chi connectivity index (χ4n) is 15.1. The van der Waals surface area contributed by atoms with Crippen molar-refractivity contribution in [3.05, 3.63) is 132 Å². The van der Waals surface area contributed by atoms with Gasteiger partial charge < -0.3 is 30.3 Å². The number of rotatable bonds is 12. The molecular formula is C64H58F4N14O3. The highest BCUT2D eigenvalue weighted by Crippen LogP contribution is 2.51. The molecule has 6 fully saturated rings. The van der Waals surface area contributed by atoms with Crippen molar-refractivity contribution in [2.24, 2.45) is 0 Å². The van der Waals surface area contributed by atoms with Crippen molar-refractivity contribution >= 4 is 77.6 Å². The number of benzene rings is 5. The van der Waals surface area contributed by atoms with E-state index in [2.05, 4.69) is 45.8 Å². The van der Waals surface area contributed by atoms with Crippen LogP contribution in [0.2, 0.25) is 0 Å². The largest absolute Gasteiger partial charge is 0.461 e. The zero-order chi connectivity index (χ0) is 57.2. The summed E-state index contributed by atoms with van der Waals surface area (Å²) in [4.78, 5) is 47.9. The van der Waals surface area contributed by atoms with Crippen molar-refractivity contribution < 1.29 is 31.8 Å². The van der Waals surface area contributed by atoms with Gasteiger partial charge in [0.05, 0.1) is 39.1 Å². The number of nitrogens with one attached hydrogen (secondary N) is 4. The summed E-state index contributed by atoms with van der Waals surface area (Å²) in [6.45, 7) is 4.84. The molecule has 0 bridgehead atoms. The molecule has 6 saturated heterocycles. The molecule has 4 N–H and O–H groups in total. The van der Waals surface area contributed by atoms with Crippen molar-refractivity contribution in [2.45, 2.75) is 86.9 Å². The average Bonchev–Trinajstić information content (AvgIpc) is 2.03. The van der Waals surface area contributed by atoms with Gasteiger partial charge in [-0.15, -0.1) is 0 Å². The fraction of sp³-hybridized carbons (Fsp3) is 0.344. The molecule has 11 heterocycles. The van der Waals surface area contributed by atoms with Crippen molar-refractivity contribution in [2.75, 3.05) is 62.7 Å². The van der Waals surface area contributed by atoms with Crippen molar-refractivity contribution in [3.8, 4) is 34.5 Å². The van der Waals surface area contributed by atoms with Crippen LogP contribution in [0.15, 0.2) is 104 Å². The van der Waals surface area contributed by atoms with E-state index in [4.69, 9.17) is 34.4 Å². The molecule has 6 aliphatic heterocycles. The Morgan fingerprint density at radius 3 is 2.09 bits per heavy atom. The quantitative estimate of drug-likeness (QED) is 0.0846. The number of H-pyrrole nitrogens is 1. The predicted molar refractivity (Wildman–Crippen MR) is 315 cm³/mol. The van der Waals surface area contributed by atoms with Crippen LogP contribution in [0.1, 0.15) is 75.8 Å². The van der Waals surface area contributed by atoms with Crippen molar-refractivity contribution in [1.82, 2.24) is 60.5 Å². The molecule has 21 heteroatoms. The minimum atomic E-state index is -0.732. The van der Waals surface area contributed by atoms with E-state index in [1.165, 1.54) is 18.3 Å². The zero-order valence-corrected chi connectivity index (χ0v) is 46.3. The third-order valence-electron chi connectivity index (χ3n) is 19.4. The molecule has 6 aliphatic rings. The van der Waals surface area contributed by atoms with Crippen LogP contribution in [0.3, 0.4) is 0 Å². The highest BCUT2D eigenvalue weighted by atomic mass is 19.1. The number of pyridine rings is 2. The van der Waals surface area contributed by atoms with Gasteiger partial charge in [-0.3, -0.25) is 24.9 Å². The lowest BCUT2D eigenvalue weighted by Gasteiger charge is -2.39. The second-order valence-electron chi connectivity index (χ2n) is 24.0. The maximum Gasteiger partial charge on any atom is 0.319 e. The van der Waals surface area contributed by atoms with E-state index >= 15 is 17.6 Å². The van der Waals surface area contributed by atoms with Gasteiger partial charge in [-0.05, 0) is 131 Å². The number of anilines is 3. The molecule has 0 saturated carbocycles. The molecule has 2 atom stereocenters. The standard InChI is InChI=1S/C64H58F4N14O3/c65-45-12-2-8-36-7-1-10-41(49(36)45)53-52(68)56-44(32-70-53)58(80-27-22-62(23-28-80)33-71-59(83)78-62)77-61(75-56)85-35-64-20-6-26-82(64)48(17-21-64)39-15-16-46(66)50-40(39)9-3-11-42(50)54-51(67)55-43(31-69-54)57(73-38-14-13-37-30-72-79-47(37)29-38)76-60(74-55)84-34-63-18-4-24-81(63)25-5-19-63/h1-3,7-16,29-32,48H,4-6,17-28,33-35H2,(H,72,79)(H2,71,78,83)(H,73,74,76). The Morgan fingerprint density at radius 2 is 1.32 bits per heavy atom. The van der Waals surface area contributed by atoms with E-state index in [0.717, 1.165) is 81.0 Å². The lowest BCUT2D eigenvalue weighted by molar-refractivity contribution is 0.0848. The number of amides is 2. The summed E-state index contributed by atoms with van der Waals surface area (Å²) in [7, 11) is 0. The van der Waals surface area contributed by atoms with Crippen LogP contribution in [0.25, 0.3) is 76.8 Å². The summed E-state index contributed by atoms with van der Waals surface area (Å²) in [5.41, 5.74) is 1.84. The van der Waals surface area contributed by atoms with Crippen LogP contribution in [0, 0.1) is 23.3 Å².